The van der Waals surface area contributed by atoms with Gasteiger partial charge in [0.05, 0.1) is 5.69 Å². The van der Waals surface area contributed by atoms with Gasteiger partial charge < -0.3 is 14.8 Å². The van der Waals surface area contributed by atoms with Crippen LogP contribution >= 0.6 is 0 Å². The molecule has 0 spiro atoms. The zero-order valence-electron chi connectivity index (χ0n) is 17.1. The zero-order chi connectivity index (χ0) is 20.1. The van der Waals surface area contributed by atoms with Crippen molar-refractivity contribution >= 4 is 17.5 Å². The van der Waals surface area contributed by atoms with E-state index in [0.717, 1.165) is 55.6 Å². The lowest BCUT2D eigenvalue weighted by Gasteiger charge is -2.22. The predicted molar refractivity (Wildman–Crippen MR) is 111 cm³/mol. The van der Waals surface area contributed by atoms with Crippen LogP contribution in [0.3, 0.4) is 0 Å². The number of hydrogen-bond donors (Lipinski definition) is 1. The van der Waals surface area contributed by atoms with Gasteiger partial charge in [0.15, 0.2) is 5.82 Å². The molecule has 0 bridgehead atoms. The van der Waals surface area contributed by atoms with Crippen molar-refractivity contribution < 1.29 is 9.59 Å². The summed E-state index contributed by atoms with van der Waals surface area (Å²) in [6.07, 6.45) is 4.62. The molecule has 1 aromatic heterocycles. The van der Waals surface area contributed by atoms with Gasteiger partial charge in [0, 0.05) is 25.3 Å². The van der Waals surface area contributed by atoms with Crippen LogP contribution in [0.1, 0.15) is 71.9 Å². The van der Waals surface area contributed by atoms with Gasteiger partial charge in [-0.05, 0) is 51.2 Å². The van der Waals surface area contributed by atoms with Gasteiger partial charge in [0.1, 0.15) is 5.69 Å². The largest absolute Gasteiger partial charge is 0.337 e. The van der Waals surface area contributed by atoms with Crippen LogP contribution in [0, 0.1) is 6.92 Å². The molecule has 1 N–H and O–H groups in total. The molecule has 2 amide bonds. The predicted octanol–water partition coefficient (Wildman–Crippen LogP) is 4.04. The number of fused-ring (bicyclic) bond motifs is 1. The summed E-state index contributed by atoms with van der Waals surface area (Å²) in [6.45, 7) is 8.30. The molecule has 2 heterocycles. The fraction of sp³-hybridized carbons (Fsp3) is 0.500. The van der Waals surface area contributed by atoms with Gasteiger partial charge in [-0.2, -0.15) is 0 Å². The maximum absolute atomic E-state index is 13.1. The highest BCUT2D eigenvalue weighted by Crippen LogP contribution is 2.23. The number of aryl methyl sites for hydroxylation is 1. The van der Waals surface area contributed by atoms with Crippen LogP contribution in [0.15, 0.2) is 24.3 Å². The van der Waals surface area contributed by atoms with E-state index in [1.54, 1.807) is 0 Å². The lowest BCUT2D eigenvalue weighted by atomic mass is 10.1. The van der Waals surface area contributed by atoms with Crippen molar-refractivity contribution in [1.82, 2.24) is 14.5 Å². The molecule has 1 aliphatic heterocycles. The van der Waals surface area contributed by atoms with Gasteiger partial charge >= 0.3 is 0 Å². The molecule has 0 saturated heterocycles. The second-order valence-electron chi connectivity index (χ2n) is 7.45. The van der Waals surface area contributed by atoms with Crippen molar-refractivity contribution in [3.05, 3.63) is 47.0 Å². The number of anilines is 1. The van der Waals surface area contributed by atoms with E-state index < -0.39 is 0 Å². The van der Waals surface area contributed by atoms with E-state index in [-0.39, 0.29) is 11.8 Å². The number of amides is 2. The van der Waals surface area contributed by atoms with E-state index in [1.807, 2.05) is 40.7 Å². The Labute approximate surface area is 166 Å². The fourth-order valence-electron chi connectivity index (χ4n) is 3.72. The lowest BCUT2D eigenvalue weighted by molar-refractivity contribution is 0.0748. The topological polar surface area (TPSA) is 67.2 Å². The van der Waals surface area contributed by atoms with Crippen molar-refractivity contribution in [3.8, 4) is 0 Å². The summed E-state index contributed by atoms with van der Waals surface area (Å²) >= 11 is 0. The number of nitrogens with zero attached hydrogens (tertiary/aromatic N) is 3. The smallest absolute Gasteiger partial charge is 0.291 e. The van der Waals surface area contributed by atoms with Gasteiger partial charge in [-0.3, -0.25) is 9.59 Å². The minimum absolute atomic E-state index is 0.0521. The van der Waals surface area contributed by atoms with Crippen molar-refractivity contribution in [2.75, 3.05) is 18.4 Å². The Bertz CT molecular complexity index is 833. The van der Waals surface area contributed by atoms with Crippen LogP contribution < -0.4 is 5.32 Å². The third-order valence-electron chi connectivity index (χ3n) is 5.11. The molecule has 3 rings (SSSR count). The van der Waals surface area contributed by atoms with Gasteiger partial charge in [-0.25, -0.2) is 4.98 Å². The van der Waals surface area contributed by atoms with Crippen LogP contribution in [0.4, 0.5) is 5.69 Å². The van der Waals surface area contributed by atoms with Crippen LogP contribution in [-0.2, 0) is 13.0 Å². The number of rotatable bonds is 7. The first-order valence-corrected chi connectivity index (χ1v) is 10.3. The molecule has 0 fully saturated rings. The summed E-state index contributed by atoms with van der Waals surface area (Å²) in [5, 5.41) is 2.92. The van der Waals surface area contributed by atoms with Crippen LogP contribution in [-0.4, -0.2) is 39.4 Å². The molecule has 1 aromatic carbocycles. The number of nitrogens with one attached hydrogen (secondary N) is 1. The Morgan fingerprint density at radius 3 is 2.43 bits per heavy atom. The van der Waals surface area contributed by atoms with Crippen molar-refractivity contribution in [3.63, 3.8) is 0 Å². The summed E-state index contributed by atoms with van der Waals surface area (Å²) in [4.78, 5) is 32.5. The van der Waals surface area contributed by atoms with Crippen molar-refractivity contribution in [2.24, 2.45) is 0 Å². The molecule has 6 nitrogen and oxygen atoms in total. The quantitative estimate of drug-likeness (QED) is 0.786. The maximum atomic E-state index is 13.1. The first-order chi connectivity index (χ1) is 13.5. The Hall–Kier alpha value is -2.63. The summed E-state index contributed by atoms with van der Waals surface area (Å²) in [5.74, 6) is 0.0268. The normalized spacial score (nSPS) is 13.1. The van der Waals surface area contributed by atoms with Gasteiger partial charge in [-0.15, -0.1) is 0 Å². The van der Waals surface area contributed by atoms with E-state index in [2.05, 4.69) is 24.1 Å². The van der Waals surface area contributed by atoms with Crippen LogP contribution in [0.2, 0.25) is 0 Å². The zero-order valence-corrected chi connectivity index (χ0v) is 17.1. The van der Waals surface area contributed by atoms with E-state index in [0.29, 0.717) is 24.6 Å². The number of benzene rings is 1. The van der Waals surface area contributed by atoms with E-state index >= 15 is 0 Å². The number of imidazole rings is 1. The van der Waals surface area contributed by atoms with Gasteiger partial charge in [0.25, 0.3) is 11.8 Å². The molecule has 150 valence electrons. The number of aromatic nitrogens is 2. The highest BCUT2D eigenvalue weighted by molar-refractivity contribution is 6.03. The molecule has 0 radical (unpaired) electrons. The fourth-order valence-corrected chi connectivity index (χ4v) is 3.72. The van der Waals surface area contributed by atoms with Gasteiger partial charge in [0.2, 0.25) is 0 Å². The molecular formula is C22H30N4O2. The Morgan fingerprint density at radius 2 is 1.79 bits per heavy atom. The Kier molecular flexibility index (Phi) is 6.49. The number of hydrogen-bond acceptors (Lipinski definition) is 3. The Balaban J connectivity index is 1.91. The third kappa shape index (κ3) is 4.26. The number of carbonyl (C=O) groups excluding carboxylic acids is 2. The van der Waals surface area contributed by atoms with Crippen molar-refractivity contribution in [1.29, 1.82) is 0 Å². The van der Waals surface area contributed by atoms with E-state index in [9.17, 15) is 9.59 Å². The van der Waals surface area contributed by atoms with E-state index in [1.165, 1.54) is 0 Å². The average molecular weight is 383 g/mol. The second kappa shape index (κ2) is 9.04. The third-order valence-corrected chi connectivity index (χ3v) is 5.11. The maximum Gasteiger partial charge on any atom is 0.291 e. The lowest BCUT2D eigenvalue weighted by Crippen LogP contribution is -2.33. The van der Waals surface area contributed by atoms with Gasteiger partial charge in [-0.1, -0.05) is 31.5 Å². The van der Waals surface area contributed by atoms with E-state index in [4.69, 9.17) is 0 Å². The molecule has 0 aliphatic carbocycles. The standard InChI is InChI=1S/C22H30N4O2/c1-4-13-25(14-5-2)22(28)19-18-8-6-7-15-26(18)20(24-19)21(27)23-17-11-9-16(3)10-12-17/h9-12H,4-8,13-15H2,1-3H3,(H,23,27). The second-order valence-corrected chi connectivity index (χ2v) is 7.45. The minimum Gasteiger partial charge on any atom is -0.337 e. The SMILES string of the molecule is CCCN(CCC)C(=O)c1nc(C(=O)Nc2ccc(C)cc2)n2c1CCCC2. The number of carbonyl (C=O) groups is 2. The molecule has 28 heavy (non-hydrogen) atoms. The molecule has 0 saturated carbocycles. The summed E-state index contributed by atoms with van der Waals surface area (Å²) in [6, 6.07) is 7.67. The highest BCUT2D eigenvalue weighted by Gasteiger charge is 2.29. The molecule has 6 heteroatoms. The summed E-state index contributed by atoms with van der Waals surface area (Å²) in [5.41, 5.74) is 3.23. The highest BCUT2D eigenvalue weighted by atomic mass is 16.2. The minimum atomic E-state index is -0.261. The monoisotopic (exact) mass is 382 g/mol. The first-order valence-electron chi connectivity index (χ1n) is 10.3. The molecule has 0 atom stereocenters. The Morgan fingerprint density at radius 1 is 1.11 bits per heavy atom. The average Bonchev–Trinajstić information content (AvgIpc) is 3.09. The first kappa shape index (κ1) is 20.1. The summed E-state index contributed by atoms with van der Waals surface area (Å²) < 4.78 is 1.94. The molecule has 1 aliphatic rings. The molecular weight excluding hydrogens is 352 g/mol. The molecule has 0 unspecified atom stereocenters. The molecule has 2 aromatic rings. The van der Waals surface area contributed by atoms with Crippen LogP contribution in [0.5, 0.6) is 0 Å². The summed E-state index contributed by atoms with van der Waals surface area (Å²) in [7, 11) is 0. The van der Waals surface area contributed by atoms with Crippen LogP contribution in [0.25, 0.3) is 0 Å². The van der Waals surface area contributed by atoms with Crippen molar-refractivity contribution in [2.45, 2.75) is 59.4 Å².